The van der Waals surface area contributed by atoms with E-state index in [1.165, 1.54) is 5.56 Å². The Morgan fingerprint density at radius 1 is 1.09 bits per heavy atom. The van der Waals surface area contributed by atoms with Gasteiger partial charge in [-0.05, 0) is 70.6 Å². The van der Waals surface area contributed by atoms with Gasteiger partial charge in [-0.1, -0.05) is 12.1 Å². The van der Waals surface area contributed by atoms with E-state index >= 15 is 0 Å². The summed E-state index contributed by atoms with van der Waals surface area (Å²) < 4.78 is 5.57. The van der Waals surface area contributed by atoms with Crippen LogP contribution < -0.4 is 20.7 Å². The standard InChI is InChI=1S/C24H39N5O2.HI/c1-4-25-24(28-21-12-15-29(16-13-21)18(2)3)26-14-11-19-5-9-22(10-6-19)31-17-23(30)27-20-7-8-20;/h5-6,9-10,18,20-21H,4,7-8,11-17H2,1-3H3,(H,27,30)(H2,25,26,28);1H. The van der Waals surface area contributed by atoms with E-state index < -0.39 is 0 Å². The number of halogens is 1. The second-order valence-corrected chi connectivity index (χ2v) is 8.83. The van der Waals surface area contributed by atoms with Crippen molar-refractivity contribution >= 4 is 35.8 Å². The molecule has 1 aliphatic heterocycles. The largest absolute Gasteiger partial charge is 0.484 e. The first-order valence-electron chi connectivity index (χ1n) is 11.8. The van der Waals surface area contributed by atoms with E-state index in [0.29, 0.717) is 18.1 Å². The zero-order valence-electron chi connectivity index (χ0n) is 19.7. The van der Waals surface area contributed by atoms with Gasteiger partial charge in [0.2, 0.25) is 0 Å². The summed E-state index contributed by atoms with van der Waals surface area (Å²) in [5, 5.41) is 9.91. The maximum atomic E-state index is 11.7. The van der Waals surface area contributed by atoms with Gasteiger partial charge >= 0.3 is 0 Å². The number of benzene rings is 1. The molecule has 3 N–H and O–H groups in total. The first kappa shape index (κ1) is 26.7. The SMILES string of the molecule is CCNC(=NCCc1ccc(OCC(=O)NC2CC2)cc1)NC1CCN(C(C)C)CC1.I. The Bertz CT molecular complexity index is 714. The summed E-state index contributed by atoms with van der Waals surface area (Å²) in [5.41, 5.74) is 1.21. The van der Waals surface area contributed by atoms with Crippen LogP contribution in [0.25, 0.3) is 0 Å². The van der Waals surface area contributed by atoms with Crippen LogP contribution >= 0.6 is 24.0 Å². The van der Waals surface area contributed by atoms with E-state index in [1.54, 1.807) is 0 Å². The van der Waals surface area contributed by atoms with Gasteiger partial charge in [0.25, 0.3) is 5.91 Å². The molecule has 2 aliphatic rings. The van der Waals surface area contributed by atoms with Crippen molar-refractivity contribution in [1.82, 2.24) is 20.9 Å². The van der Waals surface area contributed by atoms with Crippen LogP contribution in [0.4, 0.5) is 0 Å². The lowest BCUT2D eigenvalue weighted by molar-refractivity contribution is -0.123. The Kier molecular flexibility index (Phi) is 11.6. The predicted octanol–water partition coefficient (Wildman–Crippen LogP) is 2.93. The average Bonchev–Trinajstić information content (AvgIpc) is 3.57. The summed E-state index contributed by atoms with van der Waals surface area (Å²) in [6.45, 7) is 10.6. The summed E-state index contributed by atoms with van der Waals surface area (Å²) in [7, 11) is 0. The topological polar surface area (TPSA) is 78.0 Å². The first-order valence-corrected chi connectivity index (χ1v) is 11.8. The van der Waals surface area contributed by atoms with Crippen molar-refractivity contribution in [2.75, 3.05) is 32.8 Å². The molecule has 1 aromatic carbocycles. The van der Waals surface area contributed by atoms with E-state index in [4.69, 9.17) is 9.73 Å². The van der Waals surface area contributed by atoms with Gasteiger partial charge in [-0.2, -0.15) is 0 Å². The molecular formula is C24H40IN5O2. The lowest BCUT2D eigenvalue weighted by Gasteiger charge is -2.35. The molecule has 1 aliphatic carbocycles. The molecule has 1 saturated carbocycles. The number of carbonyl (C=O) groups excluding carboxylic acids is 1. The number of aliphatic imine (C=N–C) groups is 1. The maximum absolute atomic E-state index is 11.7. The second-order valence-electron chi connectivity index (χ2n) is 8.83. The average molecular weight is 558 g/mol. The normalized spacial score (nSPS) is 17.6. The fourth-order valence-electron chi connectivity index (χ4n) is 3.77. The summed E-state index contributed by atoms with van der Waals surface area (Å²) in [6, 6.07) is 9.43. The molecule has 32 heavy (non-hydrogen) atoms. The molecule has 0 radical (unpaired) electrons. The number of piperidine rings is 1. The molecule has 0 atom stereocenters. The number of guanidine groups is 1. The van der Waals surface area contributed by atoms with Crippen LogP contribution in [0.1, 0.15) is 52.0 Å². The van der Waals surface area contributed by atoms with Crippen LogP contribution in [0.2, 0.25) is 0 Å². The van der Waals surface area contributed by atoms with E-state index in [-0.39, 0.29) is 36.5 Å². The molecule has 0 bridgehead atoms. The second kappa shape index (κ2) is 13.9. The molecule has 7 nitrogen and oxygen atoms in total. The monoisotopic (exact) mass is 557 g/mol. The highest BCUT2D eigenvalue weighted by Gasteiger charge is 2.23. The maximum Gasteiger partial charge on any atom is 0.258 e. The minimum absolute atomic E-state index is 0. The molecule has 3 rings (SSSR count). The summed E-state index contributed by atoms with van der Waals surface area (Å²) in [5.74, 6) is 1.59. The van der Waals surface area contributed by atoms with Gasteiger partial charge in [-0.3, -0.25) is 9.79 Å². The number of nitrogens with zero attached hydrogens (tertiary/aromatic N) is 2. The van der Waals surface area contributed by atoms with E-state index in [0.717, 1.165) is 70.0 Å². The van der Waals surface area contributed by atoms with Crippen LogP contribution in [0.3, 0.4) is 0 Å². The molecule has 1 saturated heterocycles. The number of nitrogens with one attached hydrogen (secondary N) is 3. The van der Waals surface area contributed by atoms with Gasteiger partial charge < -0.3 is 25.6 Å². The summed E-state index contributed by atoms with van der Waals surface area (Å²) in [4.78, 5) is 19.0. The third-order valence-corrected chi connectivity index (χ3v) is 5.85. The Balaban J connectivity index is 0.00000363. The highest BCUT2D eigenvalue weighted by molar-refractivity contribution is 14.0. The molecule has 1 amide bonds. The van der Waals surface area contributed by atoms with Gasteiger partial charge in [0.1, 0.15) is 5.75 Å². The Morgan fingerprint density at radius 2 is 1.75 bits per heavy atom. The number of ether oxygens (including phenoxy) is 1. The number of hydrogen-bond donors (Lipinski definition) is 3. The Hall–Kier alpha value is -1.55. The quantitative estimate of drug-likeness (QED) is 0.234. The predicted molar refractivity (Wildman–Crippen MR) is 141 cm³/mol. The van der Waals surface area contributed by atoms with E-state index in [9.17, 15) is 4.79 Å². The smallest absolute Gasteiger partial charge is 0.258 e. The lowest BCUT2D eigenvalue weighted by Crippen LogP contribution is -2.49. The van der Waals surface area contributed by atoms with Crippen molar-refractivity contribution in [3.8, 4) is 5.75 Å². The van der Waals surface area contributed by atoms with Crippen LogP contribution in [0.15, 0.2) is 29.3 Å². The summed E-state index contributed by atoms with van der Waals surface area (Å²) in [6.07, 6.45) is 5.35. The number of hydrogen-bond acceptors (Lipinski definition) is 4. The molecule has 8 heteroatoms. The molecule has 1 aromatic rings. The van der Waals surface area contributed by atoms with Crippen LogP contribution in [-0.2, 0) is 11.2 Å². The van der Waals surface area contributed by atoms with Crippen molar-refractivity contribution in [1.29, 1.82) is 0 Å². The highest BCUT2D eigenvalue weighted by Crippen LogP contribution is 2.18. The fraction of sp³-hybridized carbons (Fsp3) is 0.667. The minimum atomic E-state index is -0.0424. The van der Waals surface area contributed by atoms with Crippen molar-refractivity contribution in [2.24, 2.45) is 4.99 Å². The van der Waals surface area contributed by atoms with Gasteiger partial charge in [0.15, 0.2) is 12.6 Å². The van der Waals surface area contributed by atoms with Crippen molar-refractivity contribution in [3.05, 3.63) is 29.8 Å². The lowest BCUT2D eigenvalue weighted by atomic mass is 10.0. The van der Waals surface area contributed by atoms with Gasteiger partial charge in [0.05, 0.1) is 0 Å². The molecule has 180 valence electrons. The molecule has 0 spiro atoms. The van der Waals surface area contributed by atoms with Crippen molar-refractivity contribution < 1.29 is 9.53 Å². The number of rotatable bonds is 10. The zero-order chi connectivity index (χ0) is 22.1. The molecule has 0 aromatic heterocycles. The fourth-order valence-corrected chi connectivity index (χ4v) is 3.77. The zero-order valence-corrected chi connectivity index (χ0v) is 22.1. The van der Waals surface area contributed by atoms with Crippen LogP contribution in [0.5, 0.6) is 5.75 Å². The first-order chi connectivity index (χ1) is 15.0. The van der Waals surface area contributed by atoms with Gasteiger partial charge in [-0.25, -0.2) is 0 Å². The Morgan fingerprint density at radius 3 is 2.34 bits per heavy atom. The molecule has 2 fully saturated rings. The highest BCUT2D eigenvalue weighted by atomic mass is 127. The third kappa shape index (κ3) is 9.52. The van der Waals surface area contributed by atoms with Gasteiger partial charge in [-0.15, -0.1) is 24.0 Å². The molecule has 1 heterocycles. The van der Waals surface area contributed by atoms with Crippen LogP contribution in [-0.4, -0.2) is 67.7 Å². The number of carbonyl (C=O) groups is 1. The molecule has 0 unspecified atom stereocenters. The Labute approximate surface area is 210 Å². The van der Waals surface area contributed by atoms with Crippen molar-refractivity contribution in [2.45, 2.75) is 71.0 Å². The van der Waals surface area contributed by atoms with E-state index in [2.05, 4.69) is 41.6 Å². The van der Waals surface area contributed by atoms with Crippen molar-refractivity contribution in [3.63, 3.8) is 0 Å². The van der Waals surface area contributed by atoms with Gasteiger partial charge in [0, 0.05) is 44.3 Å². The minimum Gasteiger partial charge on any atom is -0.484 e. The molecular weight excluding hydrogens is 517 g/mol. The van der Waals surface area contributed by atoms with Crippen LogP contribution in [0, 0.1) is 0 Å². The number of amides is 1. The third-order valence-electron chi connectivity index (χ3n) is 5.85. The van der Waals surface area contributed by atoms with E-state index in [1.807, 2.05) is 24.3 Å². The number of likely N-dealkylation sites (tertiary alicyclic amines) is 1. The summed E-state index contributed by atoms with van der Waals surface area (Å²) >= 11 is 0.